The van der Waals surface area contributed by atoms with Gasteiger partial charge in [0, 0.05) is 25.2 Å². The van der Waals surface area contributed by atoms with Crippen LogP contribution in [0.15, 0.2) is 47.4 Å². The van der Waals surface area contributed by atoms with E-state index < -0.39 is 10.0 Å². The van der Waals surface area contributed by atoms with E-state index in [0.29, 0.717) is 30.8 Å². The van der Waals surface area contributed by atoms with Crippen LogP contribution in [-0.2, 0) is 21.2 Å². The largest absolute Gasteiger partial charge is 0.326 e. The van der Waals surface area contributed by atoms with Crippen molar-refractivity contribution in [1.82, 2.24) is 4.31 Å². The van der Waals surface area contributed by atoms with Crippen LogP contribution in [0.4, 0.5) is 5.69 Å². The van der Waals surface area contributed by atoms with Gasteiger partial charge < -0.3 is 5.32 Å². The molecule has 1 N–H and O–H groups in total. The molecule has 28 heavy (non-hydrogen) atoms. The number of sulfonamides is 1. The Labute approximate surface area is 170 Å². The van der Waals surface area contributed by atoms with E-state index in [9.17, 15) is 13.2 Å². The van der Waals surface area contributed by atoms with Crippen LogP contribution in [0.2, 0.25) is 5.02 Å². The number of halogens is 1. The summed E-state index contributed by atoms with van der Waals surface area (Å²) < 4.78 is 26.8. The highest BCUT2D eigenvalue weighted by molar-refractivity contribution is 7.89. The predicted octanol–water partition coefficient (Wildman–Crippen LogP) is 3.81. The zero-order valence-electron chi connectivity index (χ0n) is 15.8. The molecule has 2 aromatic rings. The minimum atomic E-state index is -3.73. The molecule has 0 aliphatic carbocycles. The summed E-state index contributed by atoms with van der Waals surface area (Å²) in [6.07, 6.45) is 0.738. The molecule has 0 aliphatic rings. The van der Waals surface area contributed by atoms with E-state index in [1.807, 2.05) is 18.2 Å². The van der Waals surface area contributed by atoms with Crippen LogP contribution in [0.5, 0.6) is 0 Å². The first-order valence-corrected chi connectivity index (χ1v) is 10.7. The molecule has 0 fully saturated rings. The van der Waals surface area contributed by atoms with Crippen molar-refractivity contribution >= 4 is 33.2 Å². The fourth-order valence-electron chi connectivity index (χ4n) is 2.71. The minimum absolute atomic E-state index is 0.0252. The van der Waals surface area contributed by atoms with Crippen LogP contribution < -0.4 is 5.32 Å². The molecule has 1 amide bonds. The van der Waals surface area contributed by atoms with Gasteiger partial charge in [-0.25, -0.2) is 8.42 Å². The van der Waals surface area contributed by atoms with Crippen molar-refractivity contribution in [2.45, 2.75) is 31.6 Å². The molecule has 0 bridgehead atoms. The van der Waals surface area contributed by atoms with Crippen LogP contribution in [0.3, 0.4) is 0 Å². The highest BCUT2D eigenvalue weighted by atomic mass is 35.5. The third-order valence-corrected chi connectivity index (χ3v) is 6.79. The van der Waals surface area contributed by atoms with E-state index in [0.717, 1.165) is 5.56 Å². The molecule has 2 aromatic carbocycles. The molecule has 0 atom stereocenters. The molecule has 0 heterocycles. The number of carbonyl (C=O) groups is 1. The topological polar surface area (TPSA) is 90.3 Å². The SMILES string of the molecule is CCN(CC)S(=O)(=O)c1cc(NC(=O)CCc2ccc(C#N)cc2)ccc1Cl. The number of nitrogens with zero attached hydrogens (tertiary/aromatic N) is 2. The van der Waals surface area contributed by atoms with E-state index >= 15 is 0 Å². The molecule has 0 spiro atoms. The van der Waals surface area contributed by atoms with Gasteiger partial charge in [0.15, 0.2) is 0 Å². The van der Waals surface area contributed by atoms with Gasteiger partial charge in [0.2, 0.25) is 15.9 Å². The molecule has 0 radical (unpaired) electrons. The molecule has 0 unspecified atom stereocenters. The van der Waals surface area contributed by atoms with E-state index in [1.165, 1.54) is 16.4 Å². The number of hydrogen-bond donors (Lipinski definition) is 1. The highest BCUT2D eigenvalue weighted by Gasteiger charge is 2.24. The average Bonchev–Trinajstić information content (AvgIpc) is 2.69. The lowest BCUT2D eigenvalue weighted by molar-refractivity contribution is -0.116. The molecule has 2 rings (SSSR count). The lowest BCUT2D eigenvalue weighted by Crippen LogP contribution is -2.30. The number of carbonyl (C=O) groups excluding carboxylic acids is 1. The second kappa shape index (κ2) is 9.69. The summed E-state index contributed by atoms with van der Waals surface area (Å²) in [4.78, 5) is 12.2. The molecule has 6 nitrogen and oxygen atoms in total. The second-order valence-corrected chi connectivity index (χ2v) is 8.40. The van der Waals surface area contributed by atoms with Crippen LogP contribution in [0.1, 0.15) is 31.4 Å². The Bertz CT molecular complexity index is 979. The van der Waals surface area contributed by atoms with Crippen LogP contribution in [0.25, 0.3) is 0 Å². The Morgan fingerprint density at radius 2 is 1.79 bits per heavy atom. The number of nitrogens with one attached hydrogen (secondary N) is 1. The van der Waals surface area contributed by atoms with Crippen molar-refractivity contribution < 1.29 is 13.2 Å². The van der Waals surface area contributed by atoms with Gasteiger partial charge in [0.25, 0.3) is 0 Å². The smallest absolute Gasteiger partial charge is 0.244 e. The number of nitriles is 1. The average molecular weight is 420 g/mol. The first-order valence-electron chi connectivity index (χ1n) is 8.90. The first kappa shape index (κ1) is 21.9. The summed E-state index contributed by atoms with van der Waals surface area (Å²) in [6, 6.07) is 13.5. The van der Waals surface area contributed by atoms with Gasteiger partial charge in [0.1, 0.15) is 4.90 Å². The summed E-state index contributed by atoms with van der Waals surface area (Å²) in [7, 11) is -3.73. The Hall–Kier alpha value is -2.40. The zero-order valence-corrected chi connectivity index (χ0v) is 17.3. The number of rotatable bonds is 8. The van der Waals surface area contributed by atoms with Crippen LogP contribution in [-0.4, -0.2) is 31.7 Å². The van der Waals surface area contributed by atoms with Crippen molar-refractivity contribution in [3.05, 3.63) is 58.6 Å². The molecular formula is C20H22ClN3O3S. The Kier molecular flexibility index (Phi) is 7.58. The number of amides is 1. The minimum Gasteiger partial charge on any atom is -0.326 e. The number of benzene rings is 2. The summed E-state index contributed by atoms with van der Waals surface area (Å²) in [5.74, 6) is -0.238. The van der Waals surface area contributed by atoms with Crippen LogP contribution in [0, 0.1) is 11.3 Å². The molecule has 0 saturated heterocycles. The first-order chi connectivity index (χ1) is 13.3. The molecule has 8 heteroatoms. The maximum absolute atomic E-state index is 12.7. The van der Waals surface area contributed by atoms with E-state index in [2.05, 4.69) is 5.32 Å². The third kappa shape index (κ3) is 5.32. The van der Waals surface area contributed by atoms with Crippen LogP contribution >= 0.6 is 11.6 Å². The lowest BCUT2D eigenvalue weighted by atomic mass is 10.1. The van der Waals surface area contributed by atoms with Crippen molar-refractivity contribution in [2.24, 2.45) is 0 Å². The van der Waals surface area contributed by atoms with Gasteiger partial charge in [0.05, 0.1) is 16.7 Å². The fraction of sp³-hybridized carbons (Fsp3) is 0.300. The van der Waals surface area contributed by atoms with Gasteiger partial charge in [-0.15, -0.1) is 0 Å². The van der Waals surface area contributed by atoms with Gasteiger partial charge in [-0.2, -0.15) is 9.57 Å². The van der Waals surface area contributed by atoms with Crippen molar-refractivity contribution in [1.29, 1.82) is 5.26 Å². The Morgan fingerprint density at radius 1 is 1.14 bits per heavy atom. The molecule has 0 aromatic heterocycles. The number of anilines is 1. The fourth-order valence-corrected chi connectivity index (χ4v) is 4.67. The molecule has 148 valence electrons. The highest BCUT2D eigenvalue weighted by Crippen LogP contribution is 2.27. The van der Waals surface area contributed by atoms with Gasteiger partial charge in [-0.3, -0.25) is 4.79 Å². The number of hydrogen-bond acceptors (Lipinski definition) is 4. The quantitative estimate of drug-likeness (QED) is 0.704. The van der Waals surface area contributed by atoms with Gasteiger partial charge in [-0.05, 0) is 42.3 Å². The van der Waals surface area contributed by atoms with Crippen molar-refractivity contribution in [3.8, 4) is 6.07 Å². The zero-order chi connectivity index (χ0) is 20.7. The van der Waals surface area contributed by atoms with Gasteiger partial charge >= 0.3 is 0 Å². The second-order valence-electron chi connectivity index (χ2n) is 6.09. The Balaban J connectivity index is 2.09. The summed E-state index contributed by atoms with van der Waals surface area (Å²) in [5, 5.41) is 11.6. The van der Waals surface area contributed by atoms with Crippen molar-refractivity contribution in [3.63, 3.8) is 0 Å². The summed E-state index contributed by atoms with van der Waals surface area (Å²) in [6.45, 7) is 4.17. The number of aryl methyl sites for hydroxylation is 1. The summed E-state index contributed by atoms with van der Waals surface area (Å²) >= 11 is 6.10. The molecular weight excluding hydrogens is 398 g/mol. The Morgan fingerprint density at radius 3 is 2.36 bits per heavy atom. The van der Waals surface area contributed by atoms with Gasteiger partial charge in [-0.1, -0.05) is 37.6 Å². The molecule has 0 saturated carbocycles. The van der Waals surface area contributed by atoms with E-state index in [-0.39, 0.29) is 22.2 Å². The third-order valence-electron chi connectivity index (χ3n) is 4.26. The maximum Gasteiger partial charge on any atom is 0.244 e. The summed E-state index contributed by atoms with van der Waals surface area (Å²) in [5.41, 5.74) is 1.88. The lowest BCUT2D eigenvalue weighted by Gasteiger charge is -2.19. The van der Waals surface area contributed by atoms with Crippen molar-refractivity contribution in [2.75, 3.05) is 18.4 Å². The standard InChI is InChI=1S/C20H22ClN3O3S/c1-3-24(4-2)28(26,27)19-13-17(10-11-18(19)21)23-20(25)12-9-15-5-7-16(14-22)8-6-15/h5-8,10-11,13H,3-4,9,12H2,1-2H3,(H,23,25). The van der Waals surface area contributed by atoms with E-state index in [1.54, 1.807) is 32.0 Å². The normalized spacial score (nSPS) is 11.2. The monoisotopic (exact) mass is 419 g/mol. The maximum atomic E-state index is 12.7. The molecule has 0 aliphatic heterocycles. The predicted molar refractivity (Wildman–Crippen MR) is 110 cm³/mol. The van der Waals surface area contributed by atoms with E-state index in [4.69, 9.17) is 16.9 Å².